The highest BCUT2D eigenvalue weighted by molar-refractivity contribution is 5.78. The van der Waals surface area contributed by atoms with Gasteiger partial charge in [0.2, 0.25) is 0 Å². The smallest absolute Gasteiger partial charge is 0.0954 e. The molecule has 0 aromatic rings. The summed E-state index contributed by atoms with van der Waals surface area (Å²) in [5.74, 6) is 1.54. The molecule has 0 bridgehead atoms. The molecule has 0 saturated carbocycles. The van der Waals surface area contributed by atoms with Crippen LogP contribution in [0.3, 0.4) is 0 Å². The van der Waals surface area contributed by atoms with E-state index in [-0.39, 0.29) is 0 Å². The normalized spacial score (nSPS) is 10.5. The molecule has 0 aromatic heterocycles. The van der Waals surface area contributed by atoms with Gasteiger partial charge in [0.25, 0.3) is 0 Å². The molecule has 0 fully saturated rings. The van der Waals surface area contributed by atoms with E-state index in [4.69, 9.17) is 5.41 Å². The van der Waals surface area contributed by atoms with Crippen molar-refractivity contribution in [3.05, 3.63) is 0 Å². The van der Waals surface area contributed by atoms with Crippen LogP contribution in [-0.4, -0.2) is 23.8 Å². The lowest BCUT2D eigenvalue weighted by Crippen LogP contribution is -2.34. The number of hydrogen-bond donors (Lipinski definition) is 1. The summed E-state index contributed by atoms with van der Waals surface area (Å²) in [6.45, 7) is 10.7. The van der Waals surface area contributed by atoms with Gasteiger partial charge in [-0.05, 0) is 12.8 Å². The Labute approximate surface area is 82.8 Å². The van der Waals surface area contributed by atoms with Crippen LogP contribution in [0.4, 0.5) is 0 Å². The third-order valence-electron chi connectivity index (χ3n) is 2.73. The van der Waals surface area contributed by atoms with E-state index in [1.807, 2.05) is 0 Å². The zero-order valence-electron chi connectivity index (χ0n) is 9.56. The molecule has 0 aliphatic heterocycles. The minimum Gasteiger partial charge on any atom is -0.361 e. The van der Waals surface area contributed by atoms with E-state index in [2.05, 4.69) is 32.6 Å². The van der Waals surface area contributed by atoms with Crippen LogP contribution >= 0.6 is 0 Å². The van der Waals surface area contributed by atoms with Crippen molar-refractivity contribution in [1.29, 1.82) is 5.41 Å². The van der Waals surface area contributed by atoms with Crippen molar-refractivity contribution in [2.24, 2.45) is 5.92 Å². The molecule has 0 saturated heterocycles. The van der Waals surface area contributed by atoms with Crippen LogP contribution in [-0.2, 0) is 0 Å². The van der Waals surface area contributed by atoms with E-state index in [0.29, 0.717) is 0 Å². The maximum Gasteiger partial charge on any atom is 0.0954 e. The molecule has 0 unspecified atom stereocenters. The summed E-state index contributed by atoms with van der Waals surface area (Å²) in [7, 11) is 0. The largest absolute Gasteiger partial charge is 0.361 e. The van der Waals surface area contributed by atoms with E-state index in [0.717, 1.165) is 31.3 Å². The van der Waals surface area contributed by atoms with Crippen LogP contribution in [0.2, 0.25) is 0 Å². The molecule has 0 radical (unpaired) electrons. The summed E-state index contributed by atoms with van der Waals surface area (Å²) >= 11 is 0. The fourth-order valence-corrected chi connectivity index (χ4v) is 1.51. The second kappa shape index (κ2) is 6.93. The highest BCUT2D eigenvalue weighted by Crippen LogP contribution is 2.10. The van der Waals surface area contributed by atoms with Crippen LogP contribution in [0.5, 0.6) is 0 Å². The van der Waals surface area contributed by atoms with Gasteiger partial charge in [-0.15, -0.1) is 0 Å². The molecule has 0 rings (SSSR count). The molecule has 0 aromatic carbocycles. The number of amidine groups is 1. The Morgan fingerprint density at radius 1 is 1.15 bits per heavy atom. The average molecular weight is 184 g/mol. The molecular formula is C11H24N2. The minimum absolute atomic E-state index is 0.756. The SMILES string of the molecule is CCC(=N)N(CC)CC(CC)CC. The van der Waals surface area contributed by atoms with Crippen molar-refractivity contribution < 1.29 is 0 Å². The van der Waals surface area contributed by atoms with Gasteiger partial charge in [-0.2, -0.15) is 0 Å². The topological polar surface area (TPSA) is 27.1 Å². The Hall–Kier alpha value is -0.530. The zero-order valence-corrected chi connectivity index (χ0v) is 9.56. The fraction of sp³-hybridized carbons (Fsp3) is 0.909. The van der Waals surface area contributed by atoms with Crippen LogP contribution in [0, 0.1) is 11.3 Å². The van der Waals surface area contributed by atoms with Gasteiger partial charge in [0.1, 0.15) is 0 Å². The van der Waals surface area contributed by atoms with E-state index in [1.165, 1.54) is 12.8 Å². The molecule has 0 heterocycles. The van der Waals surface area contributed by atoms with Crippen LogP contribution in [0.15, 0.2) is 0 Å². The van der Waals surface area contributed by atoms with Crippen molar-refractivity contribution in [1.82, 2.24) is 4.90 Å². The van der Waals surface area contributed by atoms with E-state index < -0.39 is 0 Å². The summed E-state index contributed by atoms with van der Waals surface area (Å²) in [6.07, 6.45) is 3.31. The summed E-state index contributed by atoms with van der Waals surface area (Å²) in [4.78, 5) is 2.19. The van der Waals surface area contributed by atoms with Crippen molar-refractivity contribution in [3.8, 4) is 0 Å². The van der Waals surface area contributed by atoms with E-state index in [1.54, 1.807) is 0 Å². The molecule has 0 aliphatic rings. The lowest BCUT2D eigenvalue weighted by Gasteiger charge is -2.27. The molecule has 13 heavy (non-hydrogen) atoms. The Bertz CT molecular complexity index is 139. The molecule has 1 N–H and O–H groups in total. The molecule has 0 atom stereocenters. The fourth-order valence-electron chi connectivity index (χ4n) is 1.51. The molecule has 0 spiro atoms. The molecule has 2 nitrogen and oxygen atoms in total. The van der Waals surface area contributed by atoms with Gasteiger partial charge in [-0.3, -0.25) is 5.41 Å². The summed E-state index contributed by atoms with van der Waals surface area (Å²) in [6, 6.07) is 0. The average Bonchev–Trinajstić information content (AvgIpc) is 2.19. The van der Waals surface area contributed by atoms with E-state index >= 15 is 0 Å². The quantitative estimate of drug-likeness (QED) is 0.498. The number of nitrogens with one attached hydrogen (secondary N) is 1. The zero-order chi connectivity index (χ0) is 10.3. The molecular weight excluding hydrogens is 160 g/mol. The summed E-state index contributed by atoms with van der Waals surface area (Å²) in [5.41, 5.74) is 0. The molecule has 78 valence electrons. The van der Waals surface area contributed by atoms with Gasteiger partial charge in [-0.25, -0.2) is 0 Å². The Morgan fingerprint density at radius 3 is 2.00 bits per heavy atom. The maximum absolute atomic E-state index is 7.76. The van der Waals surface area contributed by atoms with Gasteiger partial charge < -0.3 is 4.90 Å². The lowest BCUT2D eigenvalue weighted by atomic mass is 10.0. The van der Waals surface area contributed by atoms with Crippen molar-refractivity contribution in [3.63, 3.8) is 0 Å². The first-order valence-electron chi connectivity index (χ1n) is 5.51. The number of hydrogen-bond acceptors (Lipinski definition) is 1. The molecule has 2 heteroatoms. The minimum atomic E-state index is 0.756. The predicted molar refractivity (Wildman–Crippen MR) is 59.3 cm³/mol. The number of nitrogens with zero attached hydrogens (tertiary/aromatic N) is 1. The third kappa shape index (κ3) is 4.30. The second-order valence-corrected chi connectivity index (χ2v) is 3.52. The molecule has 0 aliphatic carbocycles. The second-order valence-electron chi connectivity index (χ2n) is 3.52. The van der Waals surface area contributed by atoms with Crippen LogP contribution in [0.25, 0.3) is 0 Å². The van der Waals surface area contributed by atoms with Crippen molar-refractivity contribution >= 4 is 5.84 Å². The third-order valence-corrected chi connectivity index (χ3v) is 2.73. The van der Waals surface area contributed by atoms with Gasteiger partial charge in [0.05, 0.1) is 5.84 Å². The monoisotopic (exact) mass is 184 g/mol. The Kier molecular flexibility index (Phi) is 6.65. The maximum atomic E-state index is 7.76. The first-order valence-corrected chi connectivity index (χ1v) is 5.51. The Morgan fingerprint density at radius 2 is 1.69 bits per heavy atom. The highest BCUT2D eigenvalue weighted by atomic mass is 15.2. The van der Waals surface area contributed by atoms with Crippen molar-refractivity contribution in [2.75, 3.05) is 13.1 Å². The summed E-state index contributed by atoms with van der Waals surface area (Å²) in [5, 5.41) is 7.76. The standard InChI is InChI=1S/C11H24N2/c1-5-10(6-2)9-13(8-4)11(12)7-3/h10,12H,5-9H2,1-4H3. The van der Waals surface area contributed by atoms with E-state index in [9.17, 15) is 0 Å². The Balaban J connectivity index is 4.02. The van der Waals surface area contributed by atoms with Gasteiger partial charge in [0.15, 0.2) is 0 Å². The lowest BCUT2D eigenvalue weighted by molar-refractivity contribution is 0.329. The first kappa shape index (κ1) is 12.5. The summed E-state index contributed by atoms with van der Waals surface area (Å²) < 4.78 is 0. The van der Waals surface area contributed by atoms with Crippen LogP contribution < -0.4 is 0 Å². The van der Waals surface area contributed by atoms with Crippen molar-refractivity contribution in [2.45, 2.75) is 47.0 Å². The molecule has 0 amide bonds. The van der Waals surface area contributed by atoms with Crippen LogP contribution in [0.1, 0.15) is 47.0 Å². The first-order chi connectivity index (χ1) is 6.19. The highest BCUT2D eigenvalue weighted by Gasteiger charge is 2.10. The van der Waals surface area contributed by atoms with Gasteiger partial charge in [-0.1, -0.05) is 33.6 Å². The van der Waals surface area contributed by atoms with Gasteiger partial charge >= 0.3 is 0 Å². The number of rotatable bonds is 6. The predicted octanol–water partition coefficient (Wildman–Crippen LogP) is 3.13. The van der Waals surface area contributed by atoms with Gasteiger partial charge in [0, 0.05) is 19.5 Å².